The Kier molecular flexibility index (Phi) is 5.56. The molecule has 1 aliphatic carbocycles. The SMILES string of the molecule is C#CC1CCN(c2ccccc2NC(=O)OCC2c3ccccc3-c3ccccc32)CC1. The van der Waals surface area contributed by atoms with Gasteiger partial charge in [-0.2, -0.15) is 0 Å². The topological polar surface area (TPSA) is 41.6 Å². The van der Waals surface area contributed by atoms with Crippen LogP contribution in [0.4, 0.5) is 16.2 Å². The van der Waals surface area contributed by atoms with Gasteiger partial charge in [-0.25, -0.2) is 4.79 Å². The minimum atomic E-state index is -0.433. The highest BCUT2D eigenvalue weighted by atomic mass is 16.5. The average molecular weight is 423 g/mol. The Morgan fingerprint density at radius 2 is 1.53 bits per heavy atom. The fraction of sp³-hybridized carbons (Fsp3) is 0.250. The van der Waals surface area contributed by atoms with Crippen molar-refractivity contribution in [2.24, 2.45) is 5.92 Å². The van der Waals surface area contributed by atoms with Gasteiger partial charge in [0.05, 0.1) is 11.4 Å². The van der Waals surface area contributed by atoms with E-state index >= 15 is 0 Å². The van der Waals surface area contributed by atoms with Crippen molar-refractivity contribution in [3.05, 3.63) is 83.9 Å². The molecule has 0 atom stereocenters. The highest BCUT2D eigenvalue weighted by molar-refractivity contribution is 5.90. The van der Waals surface area contributed by atoms with E-state index in [1.54, 1.807) is 0 Å². The largest absolute Gasteiger partial charge is 0.448 e. The fourth-order valence-corrected chi connectivity index (χ4v) is 4.89. The summed E-state index contributed by atoms with van der Waals surface area (Å²) in [6.45, 7) is 2.08. The lowest BCUT2D eigenvalue weighted by Gasteiger charge is -2.33. The second-order valence-electron chi connectivity index (χ2n) is 8.40. The second-order valence-corrected chi connectivity index (χ2v) is 8.40. The molecule has 0 radical (unpaired) electrons. The number of anilines is 2. The molecule has 0 spiro atoms. The van der Waals surface area contributed by atoms with Crippen LogP contribution in [0.3, 0.4) is 0 Å². The first-order valence-corrected chi connectivity index (χ1v) is 11.2. The van der Waals surface area contributed by atoms with Crippen LogP contribution in [0, 0.1) is 18.3 Å². The van der Waals surface area contributed by atoms with Crippen molar-refractivity contribution < 1.29 is 9.53 Å². The lowest BCUT2D eigenvalue weighted by atomic mass is 9.97. The Labute approximate surface area is 189 Å². The Bertz CT molecular complexity index is 1130. The smallest absolute Gasteiger partial charge is 0.411 e. The number of nitrogens with one attached hydrogen (secondary N) is 1. The van der Waals surface area contributed by atoms with E-state index in [-0.39, 0.29) is 5.92 Å². The number of para-hydroxylation sites is 2. The van der Waals surface area contributed by atoms with Crippen LogP contribution in [0.15, 0.2) is 72.8 Å². The molecular formula is C28H26N2O2. The van der Waals surface area contributed by atoms with Crippen LogP contribution < -0.4 is 10.2 Å². The number of piperidine rings is 1. The number of benzene rings is 3. The van der Waals surface area contributed by atoms with Crippen LogP contribution in [0.25, 0.3) is 11.1 Å². The zero-order valence-electron chi connectivity index (χ0n) is 18.0. The molecule has 5 rings (SSSR count). The lowest BCUT2D eigenvalue weighted by molar-refractivity contribution is 0.158. The van der Waals surface area contributed by atoms with Gasteiger partial charge in [-0.3, -0.25) is 5.32 Å². The standard InChI is InChI=1S/C28H26N2O2/c1-2-20-15-17-30(18-16-20)27-14-8-7-13-26(27)29-28(31)32-19-25-23-11-5-3-9-21(23)22-10-4-6-12-24(22)25/h1,3-14,20,25H,15-19H2,(H,29,31). The van der Waals surface area contributed by atoms with Gasteiger partial charge in [-0.1, -0.05) is 60.7 Å². The first kappa shape index (κ1) is 20.2. The molecule has 160 valence electrons. The first-order chi connectivity index (χ1) is 15.7. The zero-order chi connectivity index (χ0) is 21.9. The molecule has 1 saturated heterocycles. The molecule has 4 heteroatoms. The summed E-state index contributed by atoms with van der Waals surface area (Å²) in [5.41, 5.74) is 6.63. The van der Waals surface area contributed by atoms with Crippen molar-refractivity contribution in [2.45, 2.75) is 18.8 Å². The lowest BCUT2D eigenvalue weighted by Crippen LogP contribution is -2.34. The summed E-state index contributed by atoms with van der Waals surface area (Å²) in [6.07, 6.45) is 7.09. The predicted molar refractivity (Wildman–Crippen MR) is 129 cm³/mol. The van der Waals surface area contributed by atoms with Gasteiger partial charge >= 0.3 is 6.09 Å². The highest BCUT2D eigenvalue weighted by Gasteiger charge is 2.29. The number of amides is 1. The number of carbonyl (C=O) groups is 1. The van der Waals surface area contributed by atoms with Crippen molar-refractivity contribution in [2.75, 3.05) is 29.9 Å². The predicted octanol–water partition coefficient (Wildman–Crippen LogP) is 5.90. The van der Waals surface area contributed by atoms with Crippen molar-refractivity contribution >= 4 is 17.5 Å². The van der Waals surface area contributed by atoms with Gasteiger partial charge < -0.3 is 9.64 Å². The van der Waals surface area contributed by atoms with Gasteiger partial charge in [0.15, 0.2) is 0 Å². The van der Waals surface area contributed by atoms with Gasteiger partial charge in [0, 0.05) is 24.9 Å². The number of ether oxygens (including phenoxy) is 1. The maximum absolute atomic E-state index is 12.7. The molecule has 1 aliphatic heterocycles. The third-order valence-corrected chi connectivity index (χ3v) is 6.56. The minimum absolute atomic E-state index is 0.0474. The molecule has 2 aliphatic rings. The van der Waals surface area contributed by atoms with E-state index in [1.165, 1.54) is 22.3 Å². The van der Waals surface area contributed by atoms with E-state index in [4.69, 9.17) is 11.2 Å². The number of fused-ring (bicyclic) bond motifs is 3. The molecule has 1 fully saturated rings. The van der Waals surface area contributed by atoms with Crippen molar-refractivity contribution in [3.8, 4) is 23.5 Å². The number of hydrogen-bond acceptors (Lipinski definition) is 3. The molecule has 3 aromatic carbocycles. The Morgan fingerprint density at radius 1 is 0.938 bits per heavy atom. The Balaban J connectivity index is 1.28. The van der Waals surface area contributed by atoms with Gasteiger partial charge in [0.25, 0.3) is 0 Å². The normalized spacial score (nSPS) is 15.5. The van der Waals surface area contributed by atoms with Crippen molar-refractivity contribution in [1.29, 1.82) is 0 Å². The number of rotatable bonds is 4. The van der Waals surface area contributed by atoms with E-state index in [0.29, 0.717) is 12.5 Å². The van der Waals surface area contributed by atoms with E-state index in [2.05, 4.69) is 52.5 Å². The maximum Gasteiger partial charge on any atom is 0.411 e. The molecule has 0 unspecified atom stereocenters. The summed E-state index contributed by atoms with van der Waals surface area (Å²) >= 11 is 0. The quantitative estimate of drug-likeness (QED) is 0.533. The fourth-order valence-electron chi connectivity index (χ4n) is 4.89. The second kappa shape index (κ2) is 8.80. The molecular weight excluding hydrogens is 396 g/mol. The van der Waals surface area contributed by atoms with Crippen molar-refractivity contribution in [1.82, 2.24) is 0 Å². The number of terminal acetylenes is 1. The van der Waals surface area contributed by atoms with Crippen LogP contribution >= 0.6 is 0 Å². The van der Waals surface area contributed by atoms with E-state index < -0.39 is 6.09 Å². The Morgan fingerprint density at radius 3 is 2.19 bits per heavy atom. The third kappa shape index (κ3) is 3.83. The molecule has 3 aromatic rings. The number of nitrogens with zero attached hydrogens (tertiary/aromatic N) is 1. The molecule has 0 bridgehead atoms. The zero-order valence-corrected chi connectivity index (χ0v) is 18.0. The summed E-state index contributed by atoms with van der Waals surface area (Å²) in [5.74, 6) is 3.25. The first-order valence-electron chi connectivity index (χ1n) is 11.2. The molecule has 32 heavy (non-hydrogen) atoms. The molecule has 1 N–H and O–H groups in total. The molecule has 1 heterocycles. The third-order valence-electron chi connectivity index (χ3n) is 6.56. The van der Waals surface area contributed by atoms with Gasteiger partial charge in [0.2, 0.25) is 0 Å². The maximum atomic E-state index is 12.7. The summed E-state index contributed by atoms with van der Waals surface area (Å²) in [6, 6.07) is 24.6. The van der Waals surface area contributed by atoms with Crippen LogP contribution in [0.5, 0.6) is 0 Å². The highest BCUT2D eigenvalue weighted by Crippen LogP contribution is 2.44. The van der Waals surface area contributed by atoms with Crippen LogP contribution in [-0.2, 0) is 4.74 Å². The summed E-state index contributed by atoms with van der Waals surface area (Å²) < 4.78 is 5.73. The van der Waals surface area contributed by atoms with Crippen LogP contribution in [0.1, 0.15) is 29.9 Å². The summed E-state index contributed by atoms with van der Waals surface area (Å²) in [5, 5.41) is 2.96. The number of hydrogen-bond donors (Lipinski definition) is 1. The molecule has 4 nitrogen and oxygen atoms in total. The minimum Gasteiger partial charge on any atom is -0.448 e. The van der Waals surface area contributed by atoms with Gasteiger partial charge in [-0.15, -0.1) is 12.3 Å². The molecule has 0 saturated carbocycles. The molecule has 1 amide bonds. The van der Waals surface area contributed by atoms with Crippen LogP contribution in [-0.4, -0.2) is 25.8 Å². The number of carbonyl (C=O) groups excluding carboxylic acids is 1. The summed E-state index contributed by atoms with van der Waals surface area (Å²) in [7, 11) is 0. The molecule has 0 aromatic heterocycles. The Hall–Kier alpha value is -3.71. The van der Waals surface area contributed by atoms with Crippen LogP contribution in [0.2, 0.25) is 0 Å². The van der Waals surface area contributed by atoms with E-state index in [9.17, 15) is 4.79 Å². The monoisotopic (exact) mass is 422 g/mol. The average Bonchev–Trinajstić information content (AvgIpc) is 3.17. The summed E-state index contributed by atoms with van der Waals surface area (Å²) in [4.78, 5) is 15.0. The van der Waals surface area contributed by atoms with Gasteiger partial charge in [-0.05, 0) is 47.2 Å². The van der Waals surface area contributed by atoms with Crippen molar-refractivity contribution in [3.63, 3.8) is 0 Å². The van der Waals surface area contributed by atoms with E-state index in [1.807, 2.05) is 36.4 Å². The van der Waals surface area contributed by atoms with Gasteiger partial charge in [0.1, 0.15) is 6.61 Å². The van der Waals surface area contributed by atoms with E-state index in [0.717, 1.165) is 37.3 Å².